The first-order valence-electron chi connectivity index (χ1n) is 8.82. The van der Waals surface area contributed by atoms with Crippen molar-refractivity contribution in [1.82, 2.24) is 4.98 Å². The molecule has 0 saturated carbocycles. The average molecular weight is 386 g/mol. The smallest absolute Gasteiger partial charge is 0.265 e. The minimum atomic E-state index is -0.717. The van der Waals surface area contributed by atoms with Crippen molar-refractivity contribution in [3.8, 4) is 5.75 Å². The third-order valence-electron chi connectivity index (χ3n) is 5.08. The van der Waals surface area contributed by atoms with Crippen LogP contribution in [0.25, 0.3) is 10.2 Å². The van der Waals surface area contributed by atoms with Crippen LogP contribution in [0.3, 0.4) is 0 Å². The molecule has 1 amide bonds. The fourth-order valence-corrected chi connectivity index (χ4v) is 5.02. The number of benzene rings is 1. The zero-order valence-electron chi connectivity index (χ0n) is 15.0. The first-order chi connectivity index (χ1) is 12.8. The Labute approximate surface area is 158 Å². The van der Waals surface area contributed by atoms with E-state index in [9.17, 15) is 19.1 Å². The summed E-state index contributed by atoms with van der Waals surface area (Å²) in [6, 6.07) is 4.14. The number of hydrogen-bond acceptors (Lipinski definition) is 4. The van der Waals surface area contributed by atoms with Crippen molar-refractivity contribution < 1.29 is 14.3 Å². The number of pyridine rings is 1. The van der Waals surface area contributed by atoms with Crippen LogP contribution < -0.4 is 10.9 Å². The number of fused-ring (bicyclic) bond motifs is 3. The molecule has 0 spiro atoms. The lowest BCUT2D eigenvalue weighted by Crippen LogP contribution is -2.23. The number of carbonyl (C=O) groups excluding carboxylic acids is 1. The second-order valence-electron chi connectivity index (χ2n) is 7.15. The van der Waals surface area contributed by atoms with Crippen molar-refractivity contribution in [2.45, 2.75) is 33.1 Å². The van der Waals surface area contributed by atoms with Crippen molar-refractivity contribution in [1.29, 1.82) is 0 Å². The van der Waals surface area contributed by atoms with Crippen LogP contribution in [-0.4, -0.2) is 16.0 Å². The Kier molecular flexibility index (Phi) is 4.26. The quantitative estimate of drug-likeness (QED) is 0.620. The Balaban J connectivity index is 1.78. The minimum absolute atomic E-state index is 0.280. The highest BCUT2D eigenvalue weighted by molar-refractivity contribution is 7.18. The van der Waals surface area contributed by atoms with E-state index in [1.165, 1.54) is 29.5 Å². The molecule has 0 fully saturated rings. The van der Waals surface area contributed by atoms with E-state index in [0.29, 0.717) is 27.4 Å². The molecule has 1 atom stereocenters. The van der Waals surface area contributed by atoms with E-state index < -0.39 is 11.5 Å². The predicted molar refractivity (Wildman–Crippen MR) is 104 cm³/mol. The van der Waals surface area contributed by atoms with Crippen LogP contribution >= 0.6 is 11.3 Å². The Bertz CT molecular complexity index is 1130. The van der Waals surface area contributed by atoms with E-state index in [4.69, 9.17) is 0 Å². The SMILES string of the molecule is Cc1cc(NC(=O)c2c(O)c3c4c(sc3[nH]c2=O)C[C@@H](C)CC4)ccc1F. The minimum Gasteiger partial charge on any atom is -0.506 e. The summed E-state index contributed by atoms with van der Waals surface area (Å²) in [6.07, 6.45) is 2.73. The summed E-state index contributed by atoms with van der Waals surface area (Å²) in [7, 11) is 0. The number of thiophene rings is 1. The van der Waals surface area contributed by atoms with Gasteiger partial charge in [0.25, 0.3) is 11.5 Å². The lowest BCUT2D eigenvalue weighted by atomic mass is 9.89. The van der Waals surface area contributed by atoms with Gasteiger partial charge in [-0.15, -0.1) is 11.3 Å². The summed E-state index contributed by atoms with van der Waals surface area (Å²) in [5.74, 6) is -0.818. The maximum absolute atomic E-state index is 13.4. The van der Waals surface area contributed by atoms with Crippen molar-refractivity contribution >= 4 is 33.1 Å². The van der Waals surface area contributed by atoms with Gasteiger partial charge in [0.05, 0.1) is 5.39 Å². The summed E-state index contributed by atoms with van der Waals surface area (Å²) < 4.78 is 13.4. The largest absolute Gasteiger partial charge is 0.506 e. The maximum atomic E-state index is 13.4. The van der Waals surface area contributed by atoms with Gasteiger partial charge in [0.1, 0.15) is 22.0 Å². The number of aromatic hydroxyl groups is 1. The number of carbonyl (C=O) groups is 1. The van der Waals surface area contributed by atoms with E-state index in [0.717, 1.165) is 29.7 Å². The molecule has 3 aromatic rings. The molecule has 1 aliphatic carbocycles. The van der Waals surface area contributed by atoms with Gasteiger partial charge in [-0.1, -0.05) is 6.92 Å². The third-order valence-corrected chi connectivity index (χ3v) is 6.25. The summed E-state index contributed by atoms with van der Waals surface area (Å²) in [5.41, 5.74) is 0.807. The molecule has 3 N–H and O–H groups in total. The number of halogens is 1. The summed E-state index contributed by atoms with van der Waals surface area (Å²) in [5, 5.41) is 13.9. The Morgan fingerprint density at radius 3 is 2.93 bits per heavy atom. The van der Waals surface area contributed by atoms with Crippen LogP contribution in [0.2, 0.25) is 0 Å². The monoisotopic (exact) mass is 386 g/mol. The number of H-pyrrole nitrogens is 1. The number of aromatic nitrogens is 1. The molecule has 4 rings (SSSR count). The summed E-state index contributed by atoms with van der Waals surface area (Å²) >= 11 is 1.47. The third kappa shape index (κ3) is 3.02. The van der Waals surface area contributed by atoms with E-state index in [1.54, 1.807) is 6.92 Å². The molecule has 5 nitrogen and oxygen atoms in total. The summed E-state index contributed by atoms with van der Waals surface area (Å²) in [4.78, 5) is 29.6. The first-order valence-corrected chi connectivity index (χ1v) is 9.63. The van der Waals surface area contributed by atoms with Gasteiger partial charge in [-0.2, -0.15) is 0 Å². The standard InChI is InChI=1S/C20H19FN2O3S/c1-9-3-5-12-14(7-9)27-20-15(12)17(24)16(19(26)23-20)18(25)22-11-4-6-13(21)10(2)8-11/h4,6,8-9H,3,5,7H2,1-2H3,(H,22,25)(H2,23,24,26)/t9-/m0/s1. The first kappa shape index (κ1) is 17.7. The van der Waals surface area contributed by atoms with Gasteiger partial charge in [-0.25, -0.2) is 4.39 Å². The number of amides is 1. The average Bonchev–Trinajstić information content (AvgIpc) is 2.95. The van der Waals surface area contributed by atoms with Crippen molar-refractivity contribution in [3.63, 3.8) is 0 Å². The molecule has 2 heterocycles. The number of rotatable bonds is 2. The Morgan fingerprint density at radius 2 is 2.19 bits per heavy atom. The van der Waals surface area contributed by atoms with Crippen molar-refractivity contribution in [3.05, 3.63) is 55.9 Å². The molecule has 1 aromatic carbocycles. The number of aromatic amines is 1. The maximum Gasteiger partial charge on any atom is 0.265 e. The fourth-order valence-electron chi connectivity index (χ4n) is 3.61. The molecule has 0 unspecified atom stereocenters. The number of anilines is 1. The van der Waals surface area contributed by atoms with Crippen molar-refractivity contribution in [2.75, 3.05) is 5.32 Å². The van der Waals surface area contributed by atoms with Gasteiger partial charge >= 0.3 is 0 Å². The zero-order chi connectivity index (χ0) is 19.3. The normalized spacial score (nSPS) is 16.3. The van der Waals surface area contributed by atoms with Gasteiger partial charge in [-0.3, -0.25) is 9.59 Å². The molecular formula is C20H19FN2O3S. The van der Waals surface area contributed by atoms with Crippen LogP contribution in [0, 0.1) is 18.7 Å². The van der Waals surface area contributed by atoms with Gasteiger partial charge in [0.15, 0.2) is 0 Å². The topological polar surface area (TPSA) is 82.2 Å². The molecule has 0 aliphatic heterocycles. The van der Waals surface area contributed by atoms with Crippen LogP contribution in [0.15, 0.2) is 23.0 Å². The van der Waals surface area contributed by atoms with Gasteiger partial charge in [0.2, 0.25) is 0 Å². The Morgan fingerprint density at radius 1 is 1.41 bits per heavy atom. The highest BCUT2D eigenvalue weighted by Crippen LogP contribution is 2.41. The Hall–Kier alpha value is -2.67. The molecule has 2 aromatic heterocycles. The molecule has 27 heavy (non-hydrogen) atoms. The highest BCUT2D eigenvalue weighted by atomic mass is 32.1. The number of hydrogen-bond donors (Lipinski definition) is 3. The molecule has 140 valence electrons. The van der Waals surface area contributed by atoms with Gasteiger partial charge < -0.3 is 15.4 Å². The molecule has 0 radical (unpaired) electrons. The number of nitrogens with one attached hydrogen (secondary N) is 2. The number of aryl methyl sites for hydroxylation is 2. The fraction of sp³-hybridized carbons (Fsp3) is 0.300. The van der Waals surface area contributed by atoms with Crippen LogP contribution in [0.1, 0.15) is 39.7 Å². The van der Waals surface area contributed by atoms with E-state index in [-0.39, 0.29) is 17.1 Å². The zero-order valence-corrected chi connectivity index (χ0v) is 15.8. The van der Waals surface area contributed by atoms with Gasteiger partial charge in [-0.05, 0) is 61.4 Å². The van der Waals surface area contributed by atoms with E-state index >= 15 is 0 Å². The van der Waals surface area contributed by atoms with Crippen LogP contribution in [0.5, 0.6) is 5.75 Å². The lowest BCUT2D eigenvalue weighted by molar-refractivity contribution is 0.102. The molecular weight excluding hydrogens is 367 g/mol. The predicted octanol–water partition coefficient (Wildman–Crippen LogP) is 4.12. The van der Waals surface area contributed by atoms with E-state index in [2.05, 4.69) is 17.2 Å². The lowest BCUT2D eigenvalue weighted by Gasteiger charge is -2.18. The molecule has 7 heteroatoms. The highest BCUT2D eigenvalue weighted by Gasteiger charge is 2.27. The second-order valence-corrected chi connectivity index (χ2v) is 8.26. The van der Waals surface area contributed by atoms with Gasteiger partial charge in [0, 0.05) is 10.6 Å². The van der Waals surface area contributed by atoms with Crippen LogP contribution in [0.4, 0.5) is 10.1 Å². The second kappa shape index (κ2) is 6.49. The van der Waals surface area contributed by atoms with E-state index in [1.807, 2.05) is 0 Å². The molecule has 0 bridgehead atoms. The van der Waals surface area contributed by atoms with Crippen molar-refractivity contribution in [2.24, 2.45) is 5.92 Å². The summed E-state index contributed by atoms with van der Waals surface area (Å²) in [6.45, 7) is 3.76. The molecule has 0 saturated heterocycles. The van der Waals surface area contributed by atoms with Crippen LogP contribution in [-0.2, 0) is 12.8 Å². The molecule has 1 aliphatic rings.